The van der Waals surface area contributed by atoms with Crippen LogP contribution in [-0.2, 0) is 0 Å². The van der Waals surface area contributed by atoms with E-state index < -0.39 is 0 Å². The number of aromatic nitrogens is 5. The summed E-state index contributed by atoms with van der Waals surface area (Å²) in [6.07, 6.45) is 0. The summed E-state index contributed by atoms with van der Waals surface area (Å²) in [5.74, 6) is 1.81. The van der Waals surface area contributed by atoms with Crippen molar-refractivity contribution in [3.8, 4) is 56.7 Å². The molecule has 0 bridgehead atoms. The largest absolute Gasteiger partial charge is 0.309 e. The molecule has 3 aromatic heterocycles. The van der Waals surface area contributed by atoms with Crippen LogP contribution in [0.5, 0.6) is 0 Å². The minimum absolute atomic E-state index is 0.570. The Bertz CT molecular complexity index is 3220. The second-order valence-corrected chi connectivity index (χ2v) is 14.1. The number of hydrogen-bond acceptors (Lipinski definition) is 3. The highest BCUT2D eigenvalue weighted by atomic mass is 15.2. The minimum atomic E-state index is 0.570. The van der Waals surface area contributed by atoms with E-state index in [9.17, 15) is 0 Å². The summed E-state index contributed by atoms with van der Waals surface area (Å²) in [4.78, 5) is 15.5. The standard InChI is InChI=1S/C51H33N5/c1-4-15-34(16-5-1)36-27-29-38(30-28-36)50-52-49(37-19-8-3-9-20-37)53-51(54-50)56-46-26-13-11-24-42(46)44-32-43-41-23-10-12-25-45(41)55(47(43)33-48(44)56)40-22-14-21-39(31-40)35-17-6-2-7-18-35/h1-33H. The van der Waals surface area contributed by atoms with Crippen LogP contribution in [0.25, 0.3) is 100 Å². The van der Waals surface area contributed by atoms with E-state index in [0.29, 0.717) is 17.6 Å². The zero-order valence-electron chi connectivity index (χ0n) is 30.3. The van der Waals surface area contributed by atoms with E-state index in [1.54, 1.807) is 0 Å². The number of rotatable bonds is 6. The predicted octanol–water partition coefficient (Wildman–Crippen LogP) is 12.7. The van der Waals surface area contributed by atoms with Gasteiger partial charge in [0, 0.05) is 38.4 Å². The lowest BCUT2D eigenvalue weighted by molar-refractivity contribution is 0.953. The first-order chi connectivity index (χ1) is 27.8. The fourth-order valence-electron chi connectivity index (χ4n) is 8.13. The molecule has 0 saturated heterocycles. The lowest BCUT2D eigenvalue weighted by atomic mass is 10.0. The summed E-state index contributed by atoms with van der Waals surface area (Å²) < 4.78 is 4.60. The average Bonchev–Trinajstić information content (AvgIpc) is 3.78. The molecule has 262 valence electrons. The van der Waals surface area contributed by atoms with Gasteiger partial charge in [0.15, 0.2) is 11.6 Å². The summed E-state index contributed by atoms with van der Waals surface area (Å²) in [5.41, 5.74) is 12.0. The molecule has 0 radical (unpaired) electrons. The lowest BCUT2D eigenvalue weighted by Gasteiger charge is -2.12. The zero-order valence-corrected chi connectivity index (χ0v) is 30.3. The van der Waals surface area contributed by atoms with Gasteiger partial charge in [-0.15, -0.1) is 0 Å². The van der Waals surface area contributed by atoms with Crippen molar-refractivity contribution in [1.29, 1.82) is 0 Å². The van der Waals surface area contributed by atoms with Gasteiger partial charge in [-0.1, -0.05) is 164 Å². The molecule has 0 spiro atoms. The maximum Gasteiger partial charge on any atom is 0.238 e. The van der Waals surface area contributed by atoms with Crippen molar-refractivity contribution >= 4 is 43.6 Å². The van der Waals surface area contributed by atoms with Gasteiger partial charge in [0.1, 0.15) is 0 Å². The molecule has 0 amide bonds. The smallest absolute Gasteiger partial charge is 0.238 e. The van der Waals surface area contributed by atoms with Gasteiger partial charge in [0.25, 0.3) is 0 Å². The third-order valence-corrected chi connectivity index (χ3v) is 10.8. The van der Waals surface area contributed by atoms with E-state index in [1.807, 2.05) is 24.3 Å². The van der Waals surface area contributed by atoms with E-state index in [2.05, 4.69) is 185 Å². The molecule has 0 unspecified atom stereocenters. The molecule has 11 aromatic rings. The molecule has 0 atom stereocenters. The highest BCUT2D eigenvalue weighted by molar-refractivity contribution is 6.19. The zero-order chi connectivity index (χ0) is 37.0. The quantitative estimate of drug-likeness (QED) is 0.172. The number of nitrogens with zero attached hydrogens (tertiary/aromatic N) is 5. The molecule has 0 aliphatic rings. The summed E-state index contributed by atoms with van der Waals surface area (Å²) in [6.45, 7) is 0. The van der Waals surface area contributed by atoms with Crippen LogP contribution in [0.3, 0.4) is 0 Å². The first-order valence-electron chi connectivity index (χ1n) is 18.9. The third kappa shape index (κ3) is 5.29. The molecular formula is C51H33N5. The Morgan fingerprint density at radius 1 is 0.268 bits per heavy atom. The Balaban J connectivity index is 1.17. The van der Waals surface area contributed by atoms with Gasteiger partial charge in [0.2, 0.25) is 5.95 Å². The second-order valence-electron chi connectivity index (χ2n) is 14.1. The predicted molar refractivity (Wildman–Crippen MR) is 230 cm³/mol. The Morgan fingerprint density at radius 2 is 0.714 bits per heavy atom. The fourth-order valence-corrected chi connectivity index (χ4v) is 8.13. The first kappa shape index (κ1) is 31.9. The van der Waals surface area contributed by atoms with Crippen molar-refractivity contribution < 1.29 is 0 Å². The molecule has 3 heterocycles. The Labute approximate surface area is 323 Å². The number of benzene rings is 8. The van der Waals surface area contributed by atoms with Crippen LogP contribution in [0.1, 0.15) is 0 Å². The van der Waals surface area contributed by atoms with Crippen LogP contribution in [0, 0.1) is 0 Å². The SMILES string of the molecule is c1ccc(-c2ccc(-c3nc(-c4ccccc4)nc(-n4c5ccccc5c5cc6c7ccccc7n(-c7cccc(-c8ccccc8)c7)c6cc54)n3)cc2)cc1. The fraction of sp³-hybridized carbons (Fsp3) is 0. The topological polar surface area (TPSA) is 48.5 Å². The Morgan fingerprint density at radius 3 is 1.34 bits per heavy atom. The molecule has 8 aromatic carbocycles. The van der Waals surface area contributed by atoms with Crippen LogP contribution in [0.15, 0.2) is 200 Å². The van der Waals surface area contributed by atoms with E-state index >= 15 is 0 Å². The maximum absolute atomic E-state index is 5.26. The molecule has 0 aliphatic carbocycles. The average molecular weight is 716 g/mol. The molecule has 0 N–H and O–H groups in total. The van der Waals surface area contributed by atoms with Gasteiger partial charge in [-0.25, -0.2) is 4.98 Å². The first-order valence-corrected chi connectivity index (χ1v) is 18.9. The molecule has 11 rings (SSSR count). The van der Waals surface area contributed by atoms with Crippen molar-refractivity contribution in [2.24, 2.45) is 0 Å². The molecule has 5 heteroatoms. The summed E-state index contributed by atoms with van der Waals surface area (Å²) in [6, 6.07) is 70.4. The molecule has 0 aliphatic heterocycles. The summed E-state index contributed by atoms with van der Waals surface area (Å²) in [7, 11) is 0. The minimum Gasteiger partial charge on any atom is -0.309 e. The number of para-hydroxylation sites is 2. The normalized spacial score (nSPS) is 11.6. The van der Waals surface area contributed by atoms with Gasteiger partial charge in [-0.3, -0.25) is 4.57 Å². The van der Waals surface area contributed by atoms with Crippen molar-refractivity contribution in [1.82, 2.24) is 24.1 Å². The second kappa shape index (κ2) is 13.0. The van der Waals surface area contributed by atoms with Crippen molar-refractivity contribution in [3.63, 3.8) is 0 Å². The van der Waals surface area contributed by atoms with Crippen molar-refractivity contribution in [2.45, 2.75) is 0 Å². The van der Waals surface area contributed by atoms with Crippen LogP contribution in [-0.4, -0.2) is 24.1 Å². The monoisotopic (exact) mass is 715 g/mol. The third-order valence-electron chi connectivity index (χ3n) is 10.8. The van der Waals surface area contributed by atoms with Crippen molar-refractivity contribution in [3.05, 3.63) is 200 Å². The summed E-state index contributed by atoms with van der Waals surface area (Å²) in [5, 5.41) is 4.69. The molecule has 0 saturated carbocycles. The molecule has 0 fully saturated rings. The maximum atomic E-state index is 5.26. The highest BCUT2D eigenvalue weighted by Gasteiger charge is 2.21. The van der Waals surface area contributed by atoms with Gasteiger partial charge < -0.3 is 4.57 Å². The molecular weight excluding hydrogens is 683 g/mol. The highest BCUT2D eigenvalue weighted by Crippen LogP contribution is 2.40. The molecule has 56 heavy (non-hydrogen) atoms. The van der Waals surface area contributed by atoms with Crippen LogP contribution in [0.4, 0.5) is 0 Å². The number of hydrogen-bond donors (Lipinski definition) is 0. The van der Waals surface area contributed by atoms with E-state index in [4.69, 9.17) is 15.0 Å². The van der Waals surface area contributed by atoms with Crippen LogP contribution < -0.4 is 0 Å². The Kier molecular flexibility index (Phi) is 7.42. The van der Waals surface area contributed by atoms with E-state index in [-0.39, 0.29) is 0 Å². The van der Waals surface area contributed by atoms with Gasteiger partial charge in [0.05, 0.1) is 22.1 Å². The molecule has 5 nitrogen and oxygen atoms in total. The van der Waals surface area contributed by atoms with Gasteiger partial charge in [-0.2, -0.15) is 9.97 Å². The lowest BCUT2D eigenvalue weighted by Crippen LogP contribution is -2.06. The van der Waals surface area contributed by atoms with Crippen LogP contribution in [0.2, 0.25) is 0 Å². The van der Waals surface area contributed by atoms with Crippen molar-refractivity contribution in [2.75, 3.05) is 0 Å². The number of fused-ring (bicyclic) bond motifs is 6. The van der Waals surface area contributed by atoms with Gasteiger partial charge >= 0.3 is 0 Å². The van der Waals surface area contributed by atoms with Crippen LogP contribution >= 0.6 is 0 Å². The Hall–Kier alpha value is -7.63. The summed E-state index contributed by atoms with van der Waals surface area (Å²) >= 11 is 0. The van der Waals surface area contributed by atoms with E-state index in [0.717, 1.165) is 55.2 Å². The van der Waals surface area contributed by atoms with E-state index in [1.165, 1.54) is 27.5 Å². The van der Waals surface area contributed by atoms with Gasteiger partial charge in [-0.05, 0) is 58.7 Å².